The predicted octanol–water partition coefficient (Wildman–Crippen LogP) is 0.777. The molecule has 0 bridgehead atoms. The predicted molar refractivity (Wildman–Crippen MR) is 59.9 cm³/mol. The molecule has 0 amide bonds. The fraction of sp³-hybridized carbons (Fsp3) is 0.200. The van der Waals surface area contributed by atoms with Crippen molar-refractivity contribution < 1.29 is 12.8 Å². The van der Waals surface area contributed by atoms with Crippen molar-refractivity contribution in [1.82, 2.24) is 4.72 Å². The van der Waals surface area contributed by atoms with E-state index >= 15 is 0 Å². The smallest absolute Gasteiger partial charge is 0.240 e. The van der Waals surface area contributed by atoms with Crippen LogP contribution in [-0.2, 0) is 10.0 Å². The van der Waals surface area contributed by atoms with E-state index in [2.05, 4.69) is 4.72 Å². The maximum Gasteiger partial charge on any atom is 0.240 e. The van der Waals surface area contributed by atoms with Crippen LogP contribution in [0, 0.1) is 0 Å². The molecule has 1 aromatic rings. The zero-order valence-corrected chi connectivity index (χ0v) is 9.37. The van der Waals surface area contributed by atoms with Crippen LogP contribution < -0.4 is 10.5 Å². The molecular weight excluding hydrogens is 231 g/mol. The fourth-order valence-electron chi connectivity index (χ4n) is 1.03. The average molecular weight is 244 g/mol. The van der Waals surface area contributed by atoms with E-state index in [4.69, 9.17) is 5.73 Å². The third kappa shape index (κ3) is 3.41. The third-order valence-electron chi connectivity index (χ3n) is 1.96. The number of rotatable bonds is 5. The van der Waals surface area contributed by atoms with Gasteiger partial charge in [-0.1, -0.05) is 18.2 Å². The van der Waals surface area contributed by atoms with Crippen molar-refractivity contribution in [2.75, 3.05) is 13.1 Å². The summed E-state index contributed by atoms with van der Waals surface area (Å²) in [4.78, 5) is 0.144. The molecule has 0 aliphatic carbocycles. The second kappa shape index (κ2) is 5.74. The van der Waals surface area contributed by atoms with Gasteiger partial charge in [0.25, 0.3) is 0 Å². The molecule has 0 saturated heterocycles. The summed E-state index contributed by atoms with van der Waals surface area (Å²) in [5, 5.41) is 0. The van der Waals surface area contributed by atoms with Crippen molar-refractivity contribution in [3.05, 3.63) is 42.2 Å². The van der Waals surface area contributed by atoms with Crippen LogP contribution in [0.15, 0.2) is 47.1 Å². The summed E-state index contributed by atoms with van der Waals surface area (Å²) >= 11 is 0. The Bertz CT molecular complexity index is 457. The number of hydrogen-bond donors (Lipinski definition) is 2. The van der Waals surface area contributed by atoms with Gasteiger partial charge in [-0.25, -0.2) is 17.5 Å². The molecule has 0 aliphatic rings. The summed E-state index contributed by atoms with van der Waals surface area (Å²) in [6.07, 6.45) is 0.313. The van der Waals surface area contributed by atoms with Crippen molar-refractivity contribution in [2.45, 2.75) is 4.90 Å². The van der Waals surface area contributed by atoms with Gasteiger partial charge in [-0.15, -0.1) is 0 Å². The molecule has 1 rings (SSSR count). The first-order chi connectivity index (χ1) is 7.60. The third-order valence-corrected chi connectivity index (χ3v) is 3.38. The van der Waals surface area contributed by atoms with Crippen LogP contribution >= 0.6 is 0 Å². The standard InChI is InChI=1S/C10H13FN2O2S/c11-6-9(7-12)8-13-16(14,15)10-4-2-1-3-5-10/h1-6,13H,7-8,12H2. The molecule has 0 unspecified atom stereocenters. The lowest BCUT2D eigenvalue weighted by atomic mass is 10.3. The van der Waals surface area contributed by atoms with Gasteiger partial charge < -0.3 is 5.73 Å². The first kappa shape index (κ1) is 12.8. The number of nitrogens with two attached hydrogens (primary N) is 1. The topological polar surface area (TPSA) is 72.2 Å². The minimum Gasteiger partial charge on any atom is -0.327 e. The van der Waals surface area contributed by atoms with Crippen molar-refractivity contribution >= 4 is 10.0 Å². The first-order valence-electron chi connectivity index (χ1n) is 4.63. The Morgan fingerprint density at radius 2 is 2.00 bits per heavy atom. The van der Waals surface area contributed by atoms with E-state index in [1.54, 1.807) is 18.2 Å². The molecule has 1 aromatic carbocycles. The summed E-state index contributed by atoms with van der Waals surface area (Å²) in [5.74, 6) is 0. The van der Waals surface area contributed by atoms with Crippen molar-refractivity contribution in [3.63, 3.8) is 0 Å². The Morgan fingerprint density at radius 1 is 1.38 bits per heavy atom. The maximum absolute atomic E-state index is 12.2. The monoisotopic (exact) mass is 244 g/mol. The summed E-state index contributed by atoms with van der Waals surface area (Å²) in [6.45, 7) is -0.141. The van der Waals surface area contributed by atoms with E-state index in [9.17, 15) is 12.8 Å². The number of benzene rings is 1. The number of nitrogens with one attached hydrogen (secondary N) is 1. The molecule has 0 radical (unpaired) electrons. The van der Waals surface area contributed by atoms with Crippen LogP contribution in [0.1, 0.15) is 0 Å². The lowest BCUT2D eigenvalue weighted by Crippen LogP contribution is -2.27. The molecule has 0 spiro atoms. The molecular formula is C10H13FN2O2S. The van der Waals surface area contributed by atoms with Gasteiger partial charge in [0.15, 0.2) is 0 Å². The quantitative estimate of drug-likeness (QED) is 0.804. The van der Waals surface area contributed by atoms with Crippen LogP contribution in [0.3, 0.4) is 0 Å². The largest absolute Gasteiger partial charge is 0.327 e. The van der Waals surface area contributed by atoms with Crippen molar-refractivity contribution in [2.24, 2.45) is 5.73 Å². The maximum atomic E-state index is 12.2. The number of hydrogen-bond acceptors (Lipinski definition) is 3. The highest BCUT2D eigenvalue weighted by molar-refractivity contribution is 7.89. The van der Waals surface area contributed by atoms with Crippen LogP contribution in [-0.4, -0.2) is 21.5 Å². The normalized spacial score (nSPS) is 12.8. The van der Waals surface area contributed by atoms with Gasteiger partial charge in [0.1, 0.15) is 0 Å². The molecule has 0 aromatic heterocycles. The average Bonchev–Trinajstić information content (AvgIpc) is 2.31. The zero-order chi connectivity index (χ0) is 12.0. The molecule has 0 atom stereocenters. The molecule has 6 heteroatoms. The lowest BCUT2D eigenvalue weighted by molar-refractivity contribution is 0.583. The molecule has 88 valence electrons. The summed E-state index contributed by atoms with van der Waals surface area (Å²) in [6, 6.07) is 7.87. The molecule has 4 nitrogen and oxygen atoms in total. The number of halogens is 1. The fourth-order valence-corrected chi connectivity index (χ4v) is 2.08. The molecule has 0 saturated carbocycles. The summed E-state index contributed by atoms with van der Waals surface area (Å²) < 4.78 is 37.8. The summed E-state index contributed by atoms with van der Waals surface area (Å²) in [5.41, 5.74) is 5.40. The van der Waals surface area contributed by atoms with Crippen LogP contribution in [0.4, 0.5) is 4.39 Å². The number of sulfonamides is 1. The van der Waals surface area contributed by atoms with Crippen molar-refractivity contribution in [1.29, 1.82) is 0 Å². The highest BCUT2D eigenvalue weighted by Crippen LogP contribution is 2.07. The van der Waals surface area contributed by atoms with Crippen LogP contribution in [0.25, 0.3) is 0 Å². The Morgan fingerprint density at radius 3 is 2.50 bits per heavy atom. The molecule has 0 heterocycles. The molecule has 3 N–H and O–H groups in total. The highest BCUT2D eigenvalue weighted by Gasteiger charge is 2.12. The van der Waals surface area contributed by atoms with E-state index in [0.717, 1.165) is 0 Å². The van der Waals surface area contributed by atoms with Crippen LogP contribution in [0.5, 0.6) is 0 Å². The summed E-state index contributed by atoms with van der Waals surface area (Å²) in [7, 11) is -3.59. The van der Waals surface area contributed by atoms with E-state index < -0.39 is 10.0 Å². The Hall–Kier alpha value is -1.24. The van der Waals surface area contributed by atoms with Gasteiger partial charge in [0.05, 0.1) is 11.2 Å². The zero-order valence-electron chi connectivity index (χ0n) is 8.56. The van der Waals surface area contributed by atoms with Gasteiger partial charge in [0.2, 0.25) is 10.0 Å². The second-order valence-electron chi connectivity index (χ2n) is 3.11. The van der Waals surface area contributed by atoms with Gasteiger partial charge in [-0.05, 0) is 17.7 Å². The van der Waals surface area contributed by atoms with E-state index in [0.29, 0.717) is 6.33 Å². The Balaban J connectivity index is 2.74. The van der Waals surface area contributed by atoms with Crippen LogP contribution in [0.2, 0.25) is 0 Å². The lowest BCUT2D eigenvalue weighted by Gasteiger charge is -2.07. The minimum absolute atomic E-state index is 0.0200. The Labute approximate surface area is 94.0 Å². The van der Waals surface area contributed by atoms with Gasteiger partial charge in [0, 0.05) is 13.1 Å². The molecule has 0 fully saturated rings. The minimum atomic E-state index is -3.59. The van der Waals surface area contributed by atoms with E-state index in [1.165, 1.54) is 12.1 Å². The molecule has 16 heavy (non-hydrogen) atoms. The highest BCUT2D eigenvalue weighted by atomic mass is 32.2. The second-order valence-corrected chi connectivity index (χ2v) is 4.88. The van der Waals surface area contributed by atoms with E-state index in [1.807, 2.05) is 0 Å². The van der Waals surface area contributed by atoms with E-state index in [-0.39, 0.29) is 23.6 Å². The Kier molecular flexibility index (Phi) is 4.60. The van der Waals surface area contributed by atoms with Gasteiger partial charge in [-0.3, -0.25) is 0 Å². The van der Waals surface area contributed by atoms with Gasteiger partial charge >= 0.3 is 0 Å². The first-order valence-corrected chi connectivity index (χ1v) is 6.11. The molecule has 0 aliphatic heterocycles. The SMILES string of the molecule is NCC(=CF)CNS(=O)(=O)c1ccccc1. The van der Waals surface area contributed by atoms with Gasteiger partial charge in [-0.2, -0.15) is 0 Å². The van der Waals surface area contributed by atoms with Crippen molar-refractivity contribution in [3.8, 4) is 0 Å².